The number of thiophene rings is 1. The summed E-state index contributed by atoms with van der Waals surface area (Å²) in [5.41, 5.74) is 0.951. The average molecular weight is 438 g/mol. The zero-order chi connectivity index (χ0) is 21.6. The van der Waals surface area contributed by atoms with Crippen molar-refractivity contribution in [3.05, 3.63) is 46.7 Å². The van der Waals surface area contributed by atoms with E-state index in [2.05, 4.69) is 34.2 Å². The molecule has 0 unspecified atom stereocenters. The van der Waals surface area contributed by atoms with Gasteiger partial charge in [-0.1, -0.05) is 18.2 Å². The lowest BCUT2D eigenvalue weighted by Gasteiger charge is -2.30. The van der Waals surface area contributed by atoms with Crippen molar-refractivity contribution in [2.75, 3.05) is 24.3 Å². The van der Waals surface area contributed by atoms with Gasteiger partial charge < -0.3 is 15.5 Å². The molecule has 0 bridgehead atoms. The van der Waals surface area contributed by atoms with Gasteiger partial charge in [-0.05, 0) is 62.1 Å². The van der Waals surface area contributed by atoms with Gasteiger partial charge in [0, 0.05) is 42.9 Å². The number of anilines is 2. The van der Waals surface area contributed by atoms with Gasteiger partial charge in [0.2, 0.25) is 11.9 Å². The van der Waals surface area contributed by atoms with E-state index >= 15 is 0 Å². The van der Waals surface area contributed by atoms with E-state index in [-0.39, 0.29) is 11.9 Å². The molecule has 2 N–H and O–H groups in total. The maximum absolute atomic E-state index is 12.3. The van der Waals surface area contributed by atoms with Crippen LogP contribution in [0.4, 0.5) is 11.8 Å². The van der Waals surface area contributed by atoms with Crippen LogP contribution in [0.1, 0.15) is 43.4 Å². The summed E-state index contributed by atoms with van der Waals surface area (Å²) in [4.78, 5) is 25.1. The number of amides is 1. The van der Waals surface area contributed by atoms with Gasteiger partial charge in [-0.15, -0.1) is 11.3 Å². The molecular formula is C24H31N5OS. The molecule has 31 heavy (non-hydrogen) atoms. The number of fused-ring (bicyclic) bond motifs is 1. The fourth-order valence-electron chi connectivity index (χ4n) is 4.21. The Morgan fingerprint density at radius 1 is 1.06 bits per heavy atom. The van der Waals surface area contributed by atoms with Gasteiger partial charge in [-0.3, -0.25) is 4.79 Å². The van der Waals surface area contributed by atoms with Gasteiger partial charge in [-0.2, -0.15) is 4.98 Å². The van der Waals surface area contributed by atoms with E-state index in [4.69, 9.17) is 9.97 Å². The number of nitrogens with one attached hydrogen (secondary N) is 2. The second-order valence-electron chi connectivity index (χ2n) is 8.48. The first-order valence-corrected chi connectivity index (χ1v) is 12.0. The SMILES string of the molecule is CN(C)c1nc(NC2CCC(NC(=O)CCCc3cccs3)CC2)nc2ccccc12. The smallest absolute Gasteiger partial charge is 0.225 e. The number of carbonyl (C=O) groups excluding carboxylic acids is 1. The van der Waals surface area contributed by atoms with E-state index in [0.29, 0.717) is 18.4 Å². The quantitative estimate of drug-likeness (QED) is 0.538. The highest BCUT2D eigenvalue weighted by Gasteiger charge is 2.23. The van der Waals surface area contributed by atoms with Crippen LogP contribution in [0.2, 0.25) is 0 Å². The van der Waals surface area contributed by atoms with Crippen molar-refractivity contribution >= 4 is 39.9 Å². The summed E-state index contributed by atoms with van der Waals surface area (Å²) in [6, 6.07) is 12.9. The van der Waals surface area contributed by atoms with Crippen LogP contribution >= 0.6 is 11.3 Å². The molecule has 1 aliphatic rings. The molecule has 0 spiro atoms. The fraction of sp³-hybridized carbons (Fsp3) is 0.458. The highest BCUT2D eigenvalue weighted by atomic mass is 32.1. The highest BCUT2D eigenvalue weighted by molar-refractivity contribution is 7.09. The average Bonchev–Trinajstić information content (AvgIpc) is 3.28. The maximum atomic E-state index is 12.3. The number of rotatable bonds is 8. The number of aromatic nitrogens is 2. The molecule has 1 aliphatic carbocycles. The van der Waals surface area contributed by atoms with Crippen LogP contribution in [-0.4, -0.2) is 42.1 Å². The summed E-state index contributed by atoms with van der Waals surface area (Å²) >= 11 is 1.76. The molecule has 4 rings (SSSR count). The Morgan fingerprint density at radius 2 is 1.84 bits per heavy atom. The third kappa shape index (κ3) is 5.73. The number of hydrogen-bond acceptors (Lipinski definition) is 6. The molecule has 0 saturated heterocycles. The zero-order valence-corrected chi connectivity index (χ0v) is 19.1. The van der Waals surface area contributed by atoms with Gasteiger partial charge in [0.05, 0.1) is 5.52 Å². The molecule has 3 aromatic rings. The number of hydrogen-bond donors (Lipinski definition) is 2. The van der Waals surface area contributed by atoms with Crippen molar-refractivity contribution < 1.29 is 4.79 Å². The summed E-state index contributed by atoms with van der Waals surface area (Å²) in [6.07, 6.45) is 6.50. The highest BCUT2D eigenvalue weighted by Crippen LogP contribution is 2.26. The molecule has 2 heterocycles. The monoisotopic (exact) mass is 437 g/mol. The van der Waals surface area contributed by atoms with Gasteiger partial charge >= 0.3 is 0 Å². The largest absolute Gasteiger partial charge is 0.362 e. The van der Waals surface area contributed by atoms with E-state index < -0.39 is 0 Å². The number of nitrogens with zero attached hydrogens (tertiary/aromatic N) is 3. The lowest BCUT2D eigenvalue weighted by atomic mass is 9.91. The molecule has 164 valence electrons. The summed E-state index contributed by atoms with van der Waals surface area (Å²) < 4.78 is 0. The van der Waals surface area contributed by atoms with E-state index in [0.717, 1.165) is 55.2 Å². The first kappa shape index (κ1) is 21.6. The van der Waals surface area contributed by atoms with Crippen molar-refractivity contribution in [2.45, 2.75) is 57.0 Å². The van der Waals surface area contributed by atoms with E-state index in [1.54, 1.807) is 11.3 Å². The molecule has 0 aliphatic heterocycles. The number of benzene rings is 1. The Balaban J connectivity index is 1.26. The Bertz CT molecular complexity index is 996. The minimum Gasteiger partial charge on any atom is -0.362 e. The topological polar surface area (TPSA) is 70.2 Å². The fourth-order valence-corrected chi connectivity index (χ4v) is 4.96. The normalized spacial score (nSPS) is 18.6. The Labute approximate surface area is 188 Å². The van der Waals surface area contributed by atoms with E-state index in [1.807, 2.05) is 37.2 Å². The van der Waals surface area contributed by atoms with Crippen molar-refractivity contribution in [3.63, 3.8) is 0 Å². The molecule has 7 heteroatoms. The molecule has 1 saturated carbocycles. The van der Waals surface area contributed by atoms with Gasteiger partial charge in [0.25, 0.3) is 0 Å². The third-order valence-electron chi connectivity index (χ3n) is 5.84. The second kappa shape index (κ2) is 10.1. The standard InChI is InChI=1S/C24H31N5OS/c1-29(2)23-20-9-3-4-10-21(20)27-24(28-23)26-18-14-12-17(13-15-18)25-22(30)11-5-7-19-8-6-16-31-19/h3-4,6,8-10,16-18H,5,7,11-15H2,1-2H3,(H,25,30)(H,26,27,28). The molecule has 6 nitrogen and oxygen atoms in total. The Morgan fingerprint density at radius 3 is 2.58 bits per heavy atom. The molecule has 0 atom stereocenters. The van der Waals surface area contributed by atoms with E-state index in [1.165, 1.54) is 4.88 Å². The molecule has 1 aromatic carbocycles. The summed E-state index contributed by atoms with van der Waals surface area (Å²) in [5, 5.41) is 9.91. The van der Waals surface area contributed by atoms with Gasteiger partial charge in [0.1, 0.15) is 5.82 Å². The minimum atomic E-state index is 0.182. The summed E-state index contributed by atoms with van der Waals surface area (Å²) in [6.45, 7) is 0. The van der Waals surface area contributed by atoms with Crippen LogP contribution in [0.5, 0.6) is 0 Å². The molecule has 2 aromatic heterocycles. The van der Waals surface area contributed by atoms with Crippen molar-refractivity contribution in [3.8, 4) is 0 Å². The number of aryl methyl sites for hydroxylation is 1. The predicted octanol–water partition coefficient (Wildman–Crippen LogP) is 4.62. The number of carbonyl (C=O) groups is 1. The van der Waals surface area contributed by atoms with Crippen molar-refractivity contribution in [1.29, 1.82) is 0 Å². The molecule has 1 amide bonds. The predicted molar refractivity (Wildman–Crippen MR) is 129 cm³/mol. The molecule has 1 fully saturated rings. The van der Waals surface area contributed by atoms with Crippen LogP contribution in [0.3, 0.4) is 0 Å². The van der Waals surface area contributed by atoms with Gasteiger partial charge in [0.15, 0.2) is 0 Å². The second-order valence-corrected chi connectivity index (χ2v) is 9.51. The first-order valence-electron chi connectivity index (χ1n) is 11.1. The summed E-state index contributed by atoms with van der Waals surface area (Å²) in [5.74, 6) is 1.79. The molecule has 0 radical (unpaired) electrons. The van der Waals surface area contributed by atoms with Crippen LogP contribution in [0.15, 0.2) is 41.8 Å². The molecular weight excluding hydrogens is 406 g/mol. The van der Waals surface area contributed by atoms with Gasteiger partial charge in [-0.25, -0.2) is 4.98 Å². The van der Waals surface area contributed by atoms with Crippen molar-refractivity contribution in [2.24, 2.45) is 0 Å². The van der Waals surface area contributed by atoms with Crippen LogP contribution < -0.4 is 15.5 Å². The van der Waals surface area contributed by atoms with Crippen molar-refractivity contribution in [1.82, 2.24) is 15.3 Å². The van der Waals surface area contributed by atoms with Crippen LogP contribution in [0.25, 0.3) is 10.9 Å². The lowest BCUT2D eigenvalue weighted by Crippen LogP contribution is -2.40. The van der Waals surface area contributed by atoms with Crippen LogP contribution in [-0.2, 0) is 11.2 Å². The van der Waals surface area contributed by atoms with E-state index in [9.17, 15) is 4.79 Å². The first-order chi connectivity index (χ1) is 15.1. The maximum Gasteiger partial charge on any atom is 0.225 e. The third-order valence-corrected chi connectivity index (χ3v) is 6.78. The minimum absolute atomic E-state index is 0.182. The lowest BCUT2D eigenvalue weighted by molar-refractivity contribution is -0.122. The Hall–Kier alpha value is -2.67. The van der Waals surface area contributed by atoms with Crippen LogP contribution in [0, 0.1) is 0 Å². The Kier molecular flexibility index (Phi) is 7.02. The zero-order valence-electron chi connectivity index (χ0n) is 18.3. The summed E-state index contributed by atoms with van der Waals surface area (Å²) in [7, 11) is 4.01. The number of para-hydroxylation sites is 1.